The third-order valence-electron chi connectivity index (χ3n) is 5.89. The van der Waals surface area contributed by atoms with Gasteiger partial charge in [-0.15, -0.1) is 10.2 Å². The number of esters is 1. The molecule has 0 spiro atoms. The minimum absolute atomic E-state index is 0.0628. The largest absolute Gasteiger partial charge is 0.465 e. The first-order chi connectivity index (χ1) is 16.7. The highest BCUT2D eigenvalue weighted by Crippen LogP contribution is 2.50. The van der Waals surface area contributed by atoms with Crippen LogP contribution < -0.4 is 10.6 Å². The number of carbonyl (C=O) groups excluding carboxylic acids is 2. The molecule has 178 valence electrons. The number of anilines is 1. The standard InChI is InChI=1S/C24H22N6O3S2/c1-24(2)10-16-19(17(31)11-24)18(13-4-6-14(7-5-13)21(32)33-3)15(12-26)20(27)30(16)22-28-29-23(35-22)34-9-8-25/h4-7,18H,9-11,27H2,1-3H3. The molecule has 2 aromatic rings. The summed E-state index contributed by atoms with van der Waals surface area (Å²) in [7, 11) is 1.31. The fraction of sp³-hybridized carbons (Fsp3) is 0.333. The van der Waals surface area contributed by atoms with Crippen molar-refractivity contribution in [1.82, 2.24) is 10.2 Å². The van der Waals surface area contributed by atoms with Gasteiger partial charge in [-0.05, 0) is 29.5 Å². The van der Waals surface area contributed by atoms with Crippen molar-refractivity contribution in [2.75, 3.05) is 17.8 Å². The van der Waals surface area contributed by atoms with Gasteiger partial charge in [0.2, 0.25) is 5.13 Å². The highest BCUT2D eigenvalue weighted by atomic mass is 32.2. The summed E-state index contributed by atoms with van der Waals surface area (Å²) in [6.07, 6.45) is 0.874. The Labute approximate surface area is 210 Å². The smallest absolute Gasteiger partial charge is 0.337 e. The lowest BCUT2D eigenvalue weighted by Crippen LogP contribution is -2.42. The molecular weight excluding hydrogens is 484 g/mol. The van der Waals surface area contributed by atoms with Crippen molar-refractivity contribution in [3.05, 3.63) is 58.1 Å². The van der Waals surface area contributed by atoms with Crippen molar-refractivity contribution in [3.63, 3.8) is 0 Å². The van der Waals surface area contributed by atoms with Gasteiger partial charge in [0.1, 0.15) is 5.82 Å². The molecule has 9 nitrogen and oxygen atoms in total. The van der Waals surface area contributed by atoms with Gasteiger partial charge in [-0.25, -0.2) is 4.79 Å². The number of benzene rings is 1. The third kappa shape index (κ3) is 4.53. The van der Waals surface area contributed by atoms with E-state index >= 15 is 0 Å². The lowest BCUT2D eigenvalue weighted by molar-refractivity contribution is -0.118. The first-order valence-corrected chi connectivity index (χ1v) is 12.5. The Kier molecular flexibility index (Phi) is 6.66. The van der Waals surface area contributed by atoms with Crippen LogP contribution in [-0.4, -0.2) is 34.8 Å². The molecule has 35 heavy (non-hydrogen) atoms. The highest BCUT2D eigenvalue weighted by Gasteiger charge is 2.45. The maximum absolute atomic E-state index is 13.5. The number of Topliss-reactive ketones (excluding diaryl/α,β-unsaturated/α-hetero) is 1. The number of hydrogen-bond acceptors (Lipinski definition) is 11. The molecule has 2 heterocycles. The van der Waals surface area contributed by atoms with E-state index < -0.39 is 11.9 Å². The maximum atomic E-state index is 13.5. The average Bonchev–Trinajstić information content (AvgIpc) is 3.29. The van der Waals surface area contributed by atoms with Crippen molar-refractivity contribution in [1.29, 1.82) is 10.5 Å². The Balaban J connectivity index is 1.88. The lowest BCUT2D eigenvalue weighted by atomic mass is 9.68. The van der Waals surface area contributed by atoms with E-state index in [-0.39, 0.29) is 28.3 Å². The van der Waals surface area contributed by atoms with Crippen molar-refractivity contribution in [3.8, 4) is 12.1 Å². The van der Waals surface area contributed by atoms with E-state index in [2.05, 4.69) is 22.3 Å². The normalized spacial score (nSPS) is 19.2. The van der Waals surface area contributed by atoms with Crippen LogP contribution in [0.25, 0.3) is 0 Å². The molecule has 1 unspecified atom stereocenters. The molecule has 1 aliphatic heterocycles. The summed E-state index contributed by atoms with van der Waals surface area (Å²) in [4.78, 5) is 27.1. The number of nitriles is 2. The fourth-order valence-electron chi connectivity index (χ4n) is 4.44. The monoisotopic (exact) mass is 506 g/mol. The second kappa shape index (κ2) is 9.53. The van der Waals surface area contributed by atoms with E-state index in [1.165, 1.54) is 30.2 Å². The summed E-state index contributed by atoms with van der Waals surface area (Å²) in [6, 6.07) is 10.9. The summed E-state index contributed by atoms with van der Waals surface area (Å²) in [5.41, 5.74) is 8.74. The van der Waals surface area contributed by atoms with Crippen LogP contribution in [0, 0.1) is 28.1 Å². The predicted octanol–water partition coefficient (Wildman–Crippen LogP) is 3.88. The molecule has 0 saturated carbocycles. The molecule has 0 amide bonds. The van der Waals surface area contributed by atoms with Crippen molar-refractivity contribution in [2.45, 2.75) is 36.9 Å². The number of aromatic nitrogens is 2. The van der Waals surface area contributed by atoms with E-state index in [1.807, 2.05) is 13.8 Å². The fourth-order valence-corrected chi connectivity index (χ4v) is 5.98. The van der Waals surface area contributed by atoms with Gasteiger partial charge in [0.15, 0.2) is 10.1 Å². The number of ether oxygens (including phenoxy) is 1. The van der Waals surface area contributed by atoms with E-state index in [0.717, 1.165) is 0 Å². The van der Waals surface area contributed by atoms with Crippen LogP contribution >= 0.6 is 23.1 Å². The topological polar surface area (TPSA) is 146 Å². The molecule has 0 saturated heterocycles. The van der Waals surface area contributed by atoms with Gasteiger partial charge in [0, 0.05) is 17.7 Å². The summed E-state index contributed by atoms with van der Waals surface area (Å²) in [5, 5.41) is 27.9. The Bertz CT molecular complexity index is 1340. The van der Waals surface area contributed by atoms with E-state index in [0.29, 0.717) is 44.7 Å². The third-order valence-corrected chi connectivity index (χ3v) is 7.80. The summed E-state index contributed by atoms with van der Waals surface area (Å²) >= 11 is 2.51. The van der Waals surface area contributed by atoms with Crippen LogP contribution in [0.3, 0.4) is 0 Å². The molecule has 1 aromatic heterocycles. The summed E-state index contributed by atoms with van der Waals surface area (Å²) in [6.45, 7) is 4.03. The van der Waals surface area contributed by atoms with Gasteiger partial charge in [0.05, 0.1) is 42.1 Å². The number of nitrogens with zero attached hydrogens (tertiary/aromatic N) is 5. The molecule has 11 heteroatoms. The van der Waals surface area contributed by atoms with E-state index in [1.54, 1.807) is 29.2 Å². The maximum Gasteiger partial charge on any atom is 0.337 e. The Morgan fingerprint density at radius 2 is 2.00 bits per heavy atom. The zero-order chi connectivity index (χ0) is 25.3. The molecule has 0 radical (unpaired) electrons. The van der Waals surface area contributed by atoms with Gasteiger partial charge in [-0.3, -0.25) is 9.69 Å². The first-order valence-electron chi connectivity index (χ1n) is 10.7. The zero-order valence-electron chi connectivity index (χ0n) is 19.4. The summed E-state index contributed by atoms with van der Waals surface area (Å²) in [5.74, 6) is -0.786. The summed E-state index contributed by atoms with van der Waals surface area (Å²) < 4.78 is 5.37. The van der Waals surface area contributed by atoms with Crippen molar-refractivity contribution < 1.29 is 14.3 Å². The van der Waals surface area contributed by atoms with Crippen LogP contribution in [0.4, 0.5) is 5.13 Å². The lowest BCUT2D eigenvalue weighted by Gasteiger charge is -2.42. The number of nitrogens with two attached hydrogens (primary N) is 1. The highest BCUT2D eigenvalue weighted by molar-refractivity contribution is 8.01. The van der Waals surface area contributed by atoms with Crippen LogP contribution in [0.5, 0.6) is 0 Å². The second-order valence-electron chi connectivity index (χ2n) is 8.89. The van der Waals surface area contributed by atoms with Crippen LogP contribution in [-0.2, 0) is 9.53 Å². The van der Waals surface area contributed by atoms with Crippen LogP contribution in [0.2, 0.25) is 0 Å². The second-order valence-corrected chi connectivity index (χ2v) is 11.1. The Morgan fingerprint density at radius 3 is 2.63 bits per heavy atom. The van der Waals surface area contributed by atoms with Gasteiger partial charge < -0.3 is 10.5 Å². The number of hydrogen-bond donors (Lipinski definition) is 1. The Morgan fingerprint density at radius 1 is 1.29 bits per heavy atom. The molecule has 2 N–H and O–H groups in total. The minimum atomic E-state index is -0.665. The quantitative estimate of drug-likeness (QED) is 0.468. The zero-order valence-corrected chi connectivity index (χ0v) is 21.0. The first kappa shape index (κ1) is 24.5. The van der Waals surface area contributed by atoms with Crippen LogP contribution in [0.1, 0.15) is 48.5 Å². The average molecular weight is 507 g/mol. The Hall–Kier alpha value is -3.67. The van der Waals surface area contributed by atoms with Gasteiger partial charge >= 0.3 is 5.97 Å². The molecular formula is C24H22N6O3S2. The molecule has 2 aliphatic rings. The number of methoxy groups -OCH3 is 1. The predicted molar refractivity (Wildman–Crippen MR) is 131 cm³/mol. The molecule has 1 atom stereocenters. The van der Waals surface area contributed by atoms with Gasteiger partial charge in [-0.2, -0.15) is 10.5 Å². The van der Waals surface area contributed by atoms with Gasteiger partial charge in [0.25, 0.3) is 0 Å². The van der Waals surface area contributed by atoms with E-state index in [9.17, 15) is 14.9 Å². The molecule has 4 rings (SSSR count). The van der Waals surface area contributed by atoms with Crippen LogP contribution in [0.15, 0.2) is 51.3 Å². The number of ketones is 1. The molecule has 0 bridgehead atoms. The molecule has 1 aliphatic carbocycles. The van der Waals surface area contributed by atoms with Gasteiger partial charge in [-0.1, -0.05) is 49.1 Å². The number of carbonyl (C=O) groups is 2. The van der Waals surface area contributed by atoms with E-state index in [4.69, 9.17) is 15.7 Å². The van der Waals surface area contributed by atoms with Crippen molar-refractivity contribution in [2.24, 2.45) is 11.1 Å². The number of thioether (sulfide) groups is 1. The molecule has 1 aromatic carbocycles. The number of allylic oxidation sites excluding steroid dienone is 3. The molecule has 0 fully saturated rings. The SMILES string of the molecule is COC(=O)c1ccc(C2C(C#N)=C(N)N(c3nnc(SCC#N)s3)C3=C2C(=O)CC(C)(C)C3)cc1. The number of rotatable bonds is 5. The minimum Gasteiger partial charge on any atom is -0.465 e. The van der Waals surface area contributed by atoms with Crippen molar-refractivity contribution >= 4 is 40.0 Å².